The Morgan fingerprint density at radius 2 is 1.52 bits per heavy atom. The molecule has 146 valence electrons. The first-order valence-electron chi connectivity index (χ1n) is 9.75. The van der Waals surface area contributed by atoms with E-state index in [0.717, 1.165) is 35.3 Å². The molecule has 4 aromatic rings. The van der Waals surface area contributed by atoms with Gasteiger partial charge in [0.2, 0.25) is 5.88 Å². The number of rotatable bonds is 7. The smallest absolute Gasteiger partial charge is 0.215 e. The lowest BCUT2D eigenvalue weighted by Crippen LogP contribution is -2.20. The molecule has 2 aromatic carbocycles. The number of nitrogen functional groups attached to an aromatic ring is 1. The molecule has 2 N–H and O–H groups in total. The summed E-state index contributed by atoms with van der Waals surface area (Å²) in [4.78, 5) is 11.1. The van der Waals surface area contributed by atoms with Gasteiger partial charge in [0, 0.05) is 29.4 Å². The lowest BCUT2D eigenvalue weighted by Gasteiger charge is -2.25. The molecule has 2 aromatic heterocycles. The predicted molar refractivity (Wildman–Crippen MR) is 119 cm³/mol. The van der Waals surface area contributed by atoms with Gasteiger partial charge in [-0.15, -0.1) is 0 Å². The topological polar surface area (TPSA) is 64.3 Å². The van der Waals surface area contributed by atoms with Crippen LogP contribution in [0, 0.1) is 6.92 Å². The summed E-state index contributed by atoms with van der Waals surface area (Å²) in [6.07, 6.45) is 0.854. The Kier molecular flexibility index (Phi) is 5.56. The number of pyridine rings is 2. The molecule has 0 saturated carbocycles. The number of nitrogens with two attached hydrogens (primary N) is 1. The van der Waals surface area contributed by atoms with Crippen molar-refractivity contribution in [2.24, 2.45) is 0 Å². The molecule has 0 fully saturated rings. The third kappa shape index (κ3) is 4.46. The average molecular weight is 384 g/mol. The lowest BCUT2D eigenvalue weighted by molar-refractivity contribution is 0.302. The molecule has 0 unspecified atom stereocenters. The molecule has 5 heteroatoms. The largest absolute Gasteiger partial charge is 0.478 e. The van der Waals surface area contributed by atoms with Crippen LogP contribution in [0.2, 0.25) is 0 Å². The molecule has 0 saturated heterocycles. The van der Waals surface area contributed by atoms with E-state index in [4.69, 9.17) is 10.5 Å². The third-order valence-electron chi connectivity index (χ3n) is 4.79. The summed E-state index contributed by atoms with van der Waals surface area (Å²) in [7, 11) is 0. The quantitative estimate of drug-likeness (QED) is 0.448. The SMILES string of the molecule is Cc1cc(OCCCN(c2ccccc2)c2ccccc2)nc2nc(N)ccc12. The van der Waals surface area contributed by atoms with Crippen LogP contribution in [0.15, 0.2) is 78.9 Å². The maximum atomic E-state index is 5.94. The van der Waals surface area contributed by atoms with E-state index in [1.165, 1.54) is 0 Å². The molecule has 0 amide bonds. The van der Waals surface area contributed by atoms with Crippen molar-refractivity contribution in [1.29, 1.82) is 0 Å². The fraction of sp³-hybridized carbons (Fsp3) is 0.167. The van der Waals surface area contributed by atoms with Gasteiger partial charge in [0.25, 0.3) is 0 Å². The average Bonchev–Trinajstić information content (AvgIpc) is 2.75. The number of ether oxygens (including phenoxy) is 1. The molecule has 0 aliphatic rings. The van der Waals surface area contributed by atoms with Crippen molar-refractivity contribution >= 4 is 28.2 Å². The van der Waals surface area contributed by atoms with Gasteiger partial charge in [-0.05, 0) is 55.3 Å². The van der Waals surface area contributed by atoms with Gasteiger partial charge in [-0.1, -0.05) is 36.4 Å². The summed E-state index contributed by atoms with van der Waals surface area (Å²) in [6.45, 7) is 3.43. The van der Waals surface area contributed by atoms with Gasteiger partial charge in [0.05, 0.1) is 6.61 Å². The van der Waals surface area contributed by atoms with Crippen LogP contribution in [-0.4, -0.2) is 23.1 Å². The van der Waals surface area contributed by atoms with Crippen LogP contribution >= 0.6 is 0 Å². The van der Waals surface area contributed by atoms with Crippen LogP contribution in [0.4, 0.5) is 17.2 Å². The minimum atomic E-state index is 0.461. The number of hydrogen-bond donors (Lipinski definition) is 1. The monoisotopic (exact) mass is 384 g/mol. The standard InChI is InChI=1S/C24H24N4O/c1-18-17-23(27-24-21(18)13-14-22(25)26-24)29-16-8-15-28(19-9-4-2-5-10-19)20-11-6-3-7-12-20/h2-7,9-14,17H,8,15-16H2,1H3,(H2,25,26,27). The molecule has 0 aliphatic carbocycles. The highest BCUT2D eigenvalue weighted by molar-refractivity contribution is 5.80. The van der Waals surface area contributed by atoms with Gasteiger partial charge in [0.1, 0.15) is 5.82 Å². The van der Waals surface area contributed by atoms with Crippen molar-refractivity contribution in [1.82, 2.24) is 9.97 Å². The molecule has 0 radical (unpaired) electrons. The number of aryl methyl sites for hydroxylation is 1. The van der Waals surface area contributed by atoms with Gasteiger partial charge in [0.15, 0.2) is 5.65 Å². The first-order chi connectivity index (χ1) is 14.2. The number of aromatic nitrogens is 2. The Balaban J connectivity index is 1.44. The molecular weight excluding hydrogens is 360 g/mol. The summed E-state index contributed by atoms with van der Waals surface area (Å²) in [5.74, 6) is 1.04. The van der Waals surface area contributed by atoms with Crippen LogP contribution < -0.4 is 15.4 Å². The van der Waals surface area contributed by atoms with Crippen LogP contribution in [-0.2, 0) is 0 Å². The van der Waals surface area contributed by atoms with E-state index in [1.54, 1.807) is 6.07 Å². The molecule has 0 spiro atoms. The van der Waals surface area contributed by atoms with Crippen molar-refractivity contribution in [3.63, 3.8) is 0 Å². The highest BCUT2D eigenvalue weighted by atomic mass is 16.5. The summed E-state index contributed by atoms with van der Waals surface area (Å²) in [6, 6.07) is 26.5. The summed E-state index contributed by atoms with van der Waals surface area (Å²) in [5.41, 5.74) is 9.82. The van der Waals surface area contributed by atoms with Crippen molar-refractivity contribution in [2.75, 3.05) is 23.8 Å². The molecular formula is C24H24N4O. The maximum absolute atomic E-state index is 5.94. The Bertz CT molecular complexity index is 1040. The molecule has 0 aliphatic heterocycles. The number of benzene rings is 2. The highest BCUT2D eigenvalue weighted by Crippen LogP contribution is 2.25. The minimum Gasteiger partial charge on any atom is -0.478 e. The van der Waals surface area contributed by atoms with E-state index in [9.17, 15) is 0 Å². The molecule has 5 nitrogen and oxygen atoms in total. The molecule has 2 heterocycles. The molecule has 0 atom stereocenters. The number of hydrogen-bond acceptors (Lipinski definition) is 5. The van der Waals surface area contributed by atoms with E-state index in [0.29, 0.717) is 24.0 Å². The van der Waals surface area contributed by atoms with E-state index in [2.05, 4.69) is 63.4 Å². The number of fused-ring (bicyclic) bond motifs is 1. The summed E-state index contributed by atoms with van der Waals surface area (Å²) >= 11 is 0. The number of para-hydroxylation sites is 2. The second kappa shape index (κ2) is 8.61. The van der Waals surface area contributed by atoms with Crippen molar-refractivity contribution < 1.29 is 4.74 Å². The van der Waals surface area contributed by atoms with Crippen LogP contribution in [0.5, 0.6) is 5.88 Å². The Morgan fingerprint density at radius 3 is 2.17 bits per heavy atom. The molecule has 0 bridgehead atoms. The second-order valence-corrected chi connectivity index (χ2v) is 6.91. The molecule has 29 heavy (non-hydrogen) atoms. The van der Waals surface area contributed by atoms with Gasteiger partial charge in [-0.25, -0.2) is 4.98 Å². The molecule has 4 rings (SSSR count). The number of nitrogens with zero attached hydrogens (tertiary/aromatic N) is 3. The fourth-order valence-electron chi connectivity index (χ4n) is 3.35. The van der Waals surface area contributed by atoms with E-state index in [1.807, 2.05) is 31.2 Å². The fourth-order valence-corrected chi connectivity index (χ4v) is 3.35. The Hall–Kier alpha value is -3.60. The van der Waals surface area contributed by atoms with Crippen LogP contribution in [0.1, 0.15) is 12.0 Å². The Labute approximate surface area is 170 Å². The number of anilines is 3. The normalized spacial score (nSPS) is 10.8. The van der Waals surface area contributed by atoms with Crippen molar-refractivity contribution in [3.05, 3.63) is 84.4 Å². The second-order valence-electron chi connectivity index (χ2n) is 6.91. The minimum absolute atomic E-state index is 0.461. The zero-order chi connectivity index (χ0) is 20.1. The van der Waals surface area contributed by atoms with Gasteiger partial charge in [-0.3, -0.25) is 0 Å². The van der Waals surface area contributed by atoms with E-state index < -0.39 is 0 Å². The van der Waals surface area contributed by atoms with Crippen molar-refractivity contribution in [2.45, 2.75) is 13.3 Å². The highest BCUT2D eigenvalue weighted by Gasteiger charge is 2.09. The van der Waals surface area contributed by atoms with Gasteiger partial charge >= 0.3 is 0 Å². The first kappa shape index (κ1) is 18.7. The van der Waals surface area contributed by atoms with Crippen molar-refractivity contribution in [3.8, 4) is 5.88 Å². The zero-order valence-corrected chi connectivity index (χ0v) is 16.5. The summed E-state index contributed by atoms with van der Waals surface area (Å²) in [5, 5.41) is 0.992. The predicted octanol–water partition coefficient (Wildman–Crippen LogP) is 5.13. The van der Waals surface area contributed by atoms with Crippen LogP contribution in [0.25, 0.3) is 11.0 Å². The zero-order valence-electron chi connectivity index (χ0n) is 16.5. The summed E-state index contributed by atoms with van der Waals surface area (Å²) < 4.78 is 5.94. The van der Waals surface area contributed by atoms with Crippen LogP contribution in [0.3, 0.4) is 0 Å². The maximum Gasteiger partial charge on any atom is 0.215 e. The van der Waals surface area contributed by atoms with Gasteiger partial charge < -0.3 is 15.4 Å². The first-order valence-corrected chi connectivity index (χ1v) is 9.75. The van der Waals surface area contributed by atoms with E-state index >= 15 is 0 Å². The van der Waals surface area contributed by atoms with E-state index in [-0.39, 0.29) is 0 Å². The third-order valence-corrected chi connectivity index (χ3v) is 4.79. The Morgan fingerprint density at radius 1 is 0.862 bits per heavy atom. The lowest BCUT2D eigenvalue weighted by atomic mass is 10.2. The van der Waals surface area contributed by atoms with Gasteiger partial charge in [-0.2, -0.15) is 4.98 Å².